The van der Waals surface area contributed by atoms with Crippen LogP contribution in [0.2, 0.25) is 0 Å². The standard InChI is InChI=1S/C14H18N2O4S/c1-15-14(19)12-9-20-7-6-16(12)8-11-3-2-10(21-11)4-5-13(17)18/h2-5,12H,6-9H2,1H3,(H,15,19)(H,17,18)/b5-4+. The number of thiophene rings is 1. The van der Waals surface area contributed by atoms with Crippen LogP contribution in [0.5, 0.6) is 0 Å². The summed E-state index contributed by atoms with van der Waals surface area (Å²) in [7, 11) is 1.62. The minimum atomic E-state index is -0.960. The van der Waals surface area contributed by atoms with Crippen molar-refractivity contribution in [2.75, 3.05) is 26.8 Å². The van der Waals surface area contributed by atoms with Gasteiger partial charge in [-0.05, 0) is 18.2 Å². The van der Waals surface area contributed by atoms with Gasteiger partial charge in [0, 0.05) is 36.0 Å². The lowest BCUT2D eigenvalue weighted by molar-refractivity contribution is -0.132. The van der Waals surface area contributed by atoms with Crippen LogP contribution in [0, 0.1) is 0 Å². The third kappa shape index (κ3) is 4.38. The zero-order valence-corrected chi connectivity index (χ0v) is 12.6. The van der Waals surface area contributed by atoms with Crippen LogP contribution in [0.15, 0.2) is 18.2 Å². The Kier molecular flexibility index (Phi) is 5.49. The van der Waals surface area contributed by atoms with E-state index in [1.165, 1.54) is 11.3 Å². The molecule has 6 nitrogen and oxygen atoms in total. The molecule has 7 heteroatoms. The second-order valence-corrected chi connectivity index (χ2v) is 5.85. The molecule has 1 fully saturated rings. The molecule has 0 saturated carbocycles. The molecule has 0 aliphatic carbocycles. The summed E-state index contributed by atoms with van der Waals surface area (Å²) in [6, 6.07) is 3.57. The van der Waals surface area contributed by atoms with Gasteiger partial charge in [0.1, 0.15) is 6.04 Å². The quantitative estimate of drug-likeness (QED) is 0.786. The van der Waals surface area contributed by atoms with Crippen LogP contribution in [-0.2, 0) is 20.9 Å². The lowest BCUT2D eigenvalue weighted by Crippen LogP contribution is -2.52. The maximum Gasteiger partial charge on any atom is 0.328 e. The van der Waals surface area contributed by atoms with Gasteiger partial charge in [0.05, 0.1) is 13.2 Å². The van der Waals surface area contributed by atoms with Gasteiger partial charge in [-0.15, -0.1) is 11.3 Å². The highest BCUT2D eigenvalue weighted by atomic mass is 32.1. The van der Waals surface area contributed by atoms with Crippen molar-refractivity contribution < 1.29 is 19.4 Å². The number of morpholine rings is 1. The summed E-state index contributed by atoms with van der Waals surface area (Å²) in [4.78, 5) is 26.4. The number of ether oxygens (including phenoxy) is 1. The summed E-state index contributed by atoms with van der Waals surface area (Å²) in [5, 5.41) is 11.3. The van der Waals surface area contributed by atoms with E-state index in [9.17, 15) is 9.59 Å². The molecule has 0 spiro atoms. The first-order chi connectivity index (χ1) is 10.1. The number of hydrogen-bond donors (Lipinski definition) is 2. The van der Waals surface area contributed by atoms with E-state index in [-0.39, 0.29) is 11.9 Å². The average molecular weight is 310 g/mol. The van der Waals surface area contributed by atoms with E-state index in [1.54, 1.807) is 13.1 Å². The summed E-state index contributed by atoms with van der Waals surface area (Å²) in [5.74, 6) is -1.00. The Balaban J connectivity index is 2.02. The predicted molar refractivity (Wildman–Crippen MR) is 80.1 cm³/mol. The van der Waals surface area contributed by atoms with Crippen LogP contribution in [-0.4, -0.2) is 54.7 Å². The van der Waals surface area contributed by atoms with Crippen LogP contribution in [0.3, 0.4) is 0 Å². The van der Waals surface area contributed by atoms with Crippen LogP contribution in [0.1, 0.15) is 9.75 Å². The van der Waals surface area contributed by atoms with Gasteiger partial charge in [-0.2, -0.15) is 0 Å². The van der Waals surface area contributed by atoms with Crippen molar-refractivity contribution in [3.8, 4) is 0 Å². The minimum absolute atomic E-state index is 0.0442. The number of aliphatic carboxylic acids is 1. The third-order valence-corrected chi connectivity index (χ3v) is 4.26. The van der Waals surface area contributed by atoms with Crippen molar-refractivity contribution in [1.29, 1.82) is 0 Å². The summed E-state index contributed by atoms with van der Waals surface area (Å²) >= 11 is 1.53. The number of rotatable bonds is 5. The largest absolute Gasteiger partial charge is 0.478 e. The molecule has 2 N–H and O–H groups in total. The number of amides is 1. The van der Waals surface area contributed by atoms with E-state index in [0.717, 1.165) is 15.8 Å². The van der Waals surface area contributed by atoms with E-state index < -0.39 is 5.97 Å². The number of nitrogens with zero attached hydrogens (tertiary/aromatic N) is 1. The Morgan fingerprint density at radius 3 is 3.10 bits per heavy atom. The number of carboxylic acids is 1. The van der Waals surface area contributed by atoms with E-state index in [2.05, 4.69) is 10.2 Å². The van der Waals surface area contributed by atoms with E-state index >= 15 is 0 Å². The van der Waals surface area contributed by atoms with Gasteiger partial charge in [-0.1, -0.05) is 0 Å². The number of carboxylic acid groups (broad SMARTS) is 1. The highest BCUT2D eigenvalue weighted by molar-refractivity contribution is 7.12. The molecule has 0 bridgehead atoms. The van der Waals surface area contributed by atoms with Gasteiger partial charge in [0.2, 0.25) is 5.91 Å². The predicted octanol–water partition coefficient (Wildman–Crippen LogP) is 0.793. The Morgan fingerprint density at radius 1 is 1.57 bits per heavy atom. The third-order valence-electron chi connectivity index (χ3n) is 3.22. The zero-order chi connectivity index (χ0) is 15.2. The molecule has 1 aromatic rings. The molecule has 1 aliphatic heterocycles. The van der Waals surface area contributed by atoms with Crippen LogP contribution >= 0.6 is 11.3 Å². The number of likely N-dealkylation sites (N-methyl/N-ethyl adjacent to an activating group) is 1. The topological polar surface area (TPSA) is 78.9 Å². The highest BCUT2D eigenvalue weighted by Crippen LogP contribution is 2.21. The summed E-state index contributed by atoms with van der Waals surface area (Å²) in [6.45, 7) is 2.38. The first-order valence-electron chi connectivity index (χ1n) is 6.63. The maximum atomic E-state index is 11.8. The number of carbonyl (C=O) groups is 2. The molecule has 2 heterocycles. The van der Waals surface area contributed by atoms with Gasteiger partial charge in [-0.3, -0.25) is 9.69 Å². The smallest absolute Gasteiger partial charge is 0.328 e. The molecule has 2 rings (SSSR count). The van der Waals surface area contributed by atoms with Gasteiger partial charge >= 0.3 is 5.97 Å². The molecule has 114 valence electrons. The Bertz CT molecular complexity index is 541. The molecule has 0 aromatic carbocycles. The lowest BCUT2D eigenvalue weighted by Gasteiger charge is -2.33. The highest BCUT2D eigenvalue weighted by Gasteiger charge is 2.28. The molecule has 0 radical (unpaired) electrons. The Morgan fingerprint density at radius 2 is 2.38 bits per heavy atom. The molecular formula is C14H18N2O4S. The van der Waals surface area contributed by atoms with Gasteiger partial charge < -0.3 is 15.2 Å². The van der Waals surface area contributed by atoms with E-state index in [1.807, 2.05) is 12.1 Å². The molecule has 1 aromatic heterocycles. The number of nitrogens with one attached hydrogen (secondary N) is 1. The van der Waals surface area contributed by atoms with Gasteiger partial charge in [0.15, 0.2) is 0 Å². The van der Waals surface area contributed by atoms with E-state index in [0.29, 0.717) is 26.3 Å². The first kappa shape index (κ1) is 15.7. The van der Waals surface area contributed by atoms with Crippen LogP contribution in [0.25, 0.3) is 6.08 Å². The van der Waals surface area contributed by atoms with Crippen molar-refractivity contribution in [3.63, 3.8) is 0 Å². The Hall–Kier alpha value is -1.70. The van der Waals surface area contributed by atoms with Crippen LogP contribution in [0.4, 0.5) is 0 Å². The first-order valence-corrected chi connectivity index (χ1v) is 7.45. The van der Waals surface area contributed by atoms with Crippen LogP contribution < -0.4 is 5.32 Å². The fourth-order valence-corrected chi connectivity index (χ4v) is 3.10. The van der Waals surface area contributed by atoms with Crippen molar-refractivity contribution in [1.82, 2.24) is 10.2 Å². The molecule has 1 unspecified atom stereocenters. The van der Waals surface area contributed by atoms with Crippen molar-refractivity contribution in [2.45, 2.75) is 12.6 Å². The normalized spacial score (nSPS) is 19.8. The molecule has 1 aliphatic rings. The van der Waals surface area contributed by atoms with Crippen molar-refractivity contribution in [2.24, 2.45) is 0 Å². The number of carbonyl (C=O) groups excluding carboxylic acids is 1. The SMILES string of the molecule is CNC(=O)C1COCCN1Cc1ccc(/C=C/C(=O)O)s1. The lowest BCUT2D eigenvalue weighted by atomic mass is 10.2. The number of hydrogen-bond acceptors (Lipinski definition) is 5. The average Bonchev–Trinajstić information content (AvgIpc) is 2.92. The monoisotopic (exact) mass is 310 g/mol. The fourth-order valence-electron chi connectivity index (χ4n) is 2.16. The minimum Gasteiger partial charge on any atom is -0.478 e. The van der Waals surface area contributed by atoms with Gasteiger partial charge in [-0.25, -0.2) is 4.79 Å². The maximum absolute atomic E-state index is 11.8. The molecule has 21 heavy (non-hydrogen) atoms. The molecule has 1 amide bonds. The zero-order valence-electron chi connectivity index (χ0n) is 11.7. The summed E-state index contributed by atoms with van der Waals surface area (Å²) < 4.78 is 5.37. The Labute approximate surface area is 127 Å². The van der Waals surface area contributed by atoms with Crippen molar-refractivity contribution in [3.05, 3.63) is 28.0 Å². The van der Waals surface area contributed by atoms with Crippen molar-refractivity contribution >= 4 is 29.3 Å². The van der Waals surface area contributed by atoms with Gasteiger partial charge in [0.25, 0.3) is 0 Å². The molecule has 1 atom stereocenters. The second kappa shape index (κ2) is 7.35. The summed E-state index contributed by atoms with van der Waals surface area (Å²) in [5.41, 5.74) is 0. The molecule has 1 saturated heterocycles. The molecular weight excluding hydrogens is 292 g/mol. The van der Waals surface area contributed by atoms with E-state index in [4.69, 9.17) is 9.84 Å². The summed E-state index contributed by atoms with van der Waals surface area (Å²) in [6.07, 6.45) is 2.70. The second-order valence-electron chi connectivity index (χ2n) is 4.65. The fraction of sp³-hybridized carbons (Fsp3) is 0.429.